The summed E-state index contributed by atoms with van der Waals surface area (Å²) in [7, 11) is 0. The van der Waals surface area contributed by atoms with Crippen LogP contribution in [0.3, 0.4) is 0 Å². The van der Waals surface area contributed by atoms with Gasteiger partial charge in [-0.1, -0.05) is 23.2 Å². The number of ether oxygens (including phenoxy) is 1. The van der Waals surface area contributed by atoms with Crippen LogP contribution in [0.4, 0.5) is 5.69 Å². The Hall–Kier alpha value is -0.810. The number of carbonyl (C=O) groups excluding carboxylic acids is 1. The molecule has 4 nitrogen and oxygen atoms in total. The van der Waals surface area contributed by atoms with Gasteiger partial charge in [0.25, 0.3) is 5.91 Å². The van der Waals surface area contributed by atoms with Gasteiger partial charge in [-0.05, 0) is 39.0 Å². The SMILES string of the molecule is C[C@@H]1C[NH+]([C@@H](C)C(=O)Nc2ccc(Cl)cc2Cl)C[C@@H](C)O1. The van der Waals surface area contributed by atoms with Gasteiger partial charge in [-0.2, -0.15) is 0 Å². The first-order valence-corrected chi connectivity index (χ1v) is 7.88. The predicted octanol–water partition coefficient (Wildman–Crippen LogP) is 2.01. The molecule has 1 heterocycles. The average molecular weight is 332 g/mol. The van der Waals surface area contributed by atoms with Crippen molar-refractivity contribution < 1.29 is 14.4 Å². The van der Waals surface area contributed by atoms with Crippen LogP contribution in [-0.2, 0) is 9.53 Å². The molecule has 6 heteroatoms. The molecule has 1 aromatic rings. The zero-order chi connectivity index (χ0) is 15.6. The fourth-order valence-corrected chi connectivity index (χ4v) is 3.14. The number of benzene rings is 1. The van der Waals surface area contributed by atoms with Gasteiger partial charge >= 0.3 is 0 Å². The van der Waals surface area contributed by atoms with Crippen LogP contribution < -0.4 is 10.2 Å². The van der Waals surface area contributed by atoms with Gasteiger partial charge in [-0.3, -0.25) is 4.79 Å². The lowest BCUT2D eigenvalue weighted by atomic mass is 10.1. The maximum Gasteiger partial charge on any atom is 0.282 e. The molecular formula is C15H21Cl2N2O2+. The predicted molar refractivity (Wildman–Crippen MR) is 85.3 cm³/mol. The number of anilines is 1. The fourth-order valence-electron chi connectivity index (χ4n) is 2.69. The Labute approximate surface area is 135 Å². The van der Waals surface area contributed by atoms with Gasteiger partial charge < -0.3 is 15.0 Å². The first kappa shape index (κ1) is 16.6. The molecule has 0 bridgehead atoms. The molecular weight excluding hydrogens is 311 g/mol. The van der Waals surface area contributed by atoms with E-state index in [-0.39, 0.29) is 24.2 Å². The van der Waals surface area contributed by atoms with Crippen LogP contribution >= 0.6 is 23.2 Å². The Kier molecular flexibility index (Phi) is 5.49. The standard InChI is InChI=1S/C15H20Cl2N2O2/c1-9-7-19(8-10(2)21-9)11(3)15(20)18-14-5-4-12(16)6-13(14)17/h4-6,9-11H,7-8H2,1-3H3,(H,18,20)/p+1/t9-,10-,11+/m1/s1. The number of rotatable bonds is 3. The van der Waals surface area contributed by atoms with E-state index in [1.54, 1.807) is 18.2 Å². The summed E-state index contributed by atoms with van der Waals surface area (Å²) in [5.74, 6) is -0.0458. The quantitative estimate of drug-likeness (QED) is 0.889. The third-order valence-electron chi connectivity index (χ3n) is 3.76. The minimum absolute atomic E-state index is 0.0458. The minimum Gasteiger partial charge on any atom is -0.364 e. The third-order valence-corrected chi connectivity index (χ3v) is 4.31. The van der Waals surface area contributed by atoms with Gasteiger partial charge in [-0.15, -0.1) is 0 Å². The molecule has 0 spiro atoms. The molecule has 1 aliphatic rings. The van der Waals surface area contributed by atoms with E-state index in [1.165, 1.54) is 4.90 Å². The van der Waals surface area contributed by atoms with E-state index in [9.17, 15) is 4.79 Å². The Morgan fingerprint density at radius 2 is 1.95 bits per heavy atom. The topological polar surface area (TPSA) is 42.8 Å². The molecule has 1 amide bonds. The molecule has 1 fully saturated rings. The summed E-state index contributed by atoms with van der Waals surface area (Å²) in [4.78, 5) is 13.6. The summed E-state index contributed by atoms with van der Waals surface area (Å²) >= 11 is 11.9. The lowest BCUT2D eigenvalue weighted by Crippen LogP contribution is -3.19. The van der Waals surface area contributed by atoms with E-state index in [4.69, 9.17) is 27.9 Å². The number of amides is 1. The molecule has 0 aromatic heterocycles. The van der Waals surface area contributed by atoms with Crippen molar-refractivity contribution in [3.8, 4) is 0 Å². The van der Waals surface area contributed by atoms with Gasteiger partial charge in [0, 0.05) is 5.02 Å². The number of quaternary nitrogens is 1. The van der Waals surface area contributed by atoms with Crippen LogP contribution in [0.5, 0.6) is 0 Å². The number of nitrogens with one attached hydrogen (secondary N) is 2. The monoisotopic (exact) mass is 331 g/mol. The van der Waals surface area contributed by atoms with Gasteiger partial charge in [-0.25, -0.2) is 0 Å². The molecule has 2 N–H and O–H groups in total. The first-order chi connectivity index (χ1) is 9.86. The number of hydrogen-bond donors (Lipinski definition) is 2. The van der Waals surface area contributed by atoms with Crippen LogP contribution in [0.1, 0.15) is 20.8 Å². The van der Waals surface area contributed by atoms with E-state index in [0.29, 0.717) is 15.7 Å². The van der Waals surface area contributed by atoms with Crippen molar-refractivity contribution in [2.75, 3.05) is 18.4 Å². The van der Waals surface area contributed by atoms with E-state index in [0.717, 1.165) is 13.1 Å². The van der Waals surface area contributed by atoms with Crippen molar-refractivity contribution in [3.05, 3.63) is 28.2 Å². The molecule has 0 radical (unpaired) electrons. The number of carbonyl (C=O) groups is 1. The summed E-state index contributed by atoms with van der Waals surface area (Å²) in [6.45, 7) is 7.66. The van der Waals surface area contributed by atoms with E-state index < -0.39 is 0 Å². The molecule has 0 aliphatic carbocycles. The number of morpholine rings is 1. The highest BCUT2D eigenvalue weighted by Gasteiger charge is 2.33. The largest absolute Gasteiger partial charge is 0.364 e. The Bertz CT molecular complexity index is 514. The highest BCUT2D eigenvalue weighted by molar-refractivity contribution is 6.36. The maximum atomic E-state index is 12.4. The molecule has 0 saturated carbocycles. The molecule has 116 valence electrons. The van der Waals surface area contributed by atoms with Crippen molar-refractivity contribution in [3.63, 3.8) is 0 Å². The Balaban J connectivity index is 2.02. The molecule has 3 atom stereocenters. The molecule has 1 aromatic carbocycles. The van der Waals surface area contributed by atoms with Crippen LogP contribution in [0.25, 0.3) is 0 Å². The highest BCUT2D eigenvalue weighted by atomic mass is 35.5. The van der Waals surface area contributed by atoms with Gasteiger partial charge in [0.2, 0.25) is 0 Å². The van der Waals surface area contributed by atoms with Crippen LogP contribution in [0.15, 0.2) is 18.2 Å². The van der Waals surface area contributed by atoms with Crippen LogP contribution in [0.2, 0.25) is 10.0 Å². The van der Waals surface area contributed by atoms with Gasteiger partial charge in [0.05, 0.1) is 10.7 Å². The zero-order valence-corrected chi connectivity index (χ0v) is 14.0. The minimum atomic E-state index is -0.162. The van der Waals surface area contributed by atoms with Crippen molar-refractivity contribution in [1.82, 2.24) is 0 Å². The highest BCUT2D eigenvalue weighted by Crippen LogP contribution is 2.25. The summed E-state index contributed by atoms with van der Waals surface area (Å²) in [5.41, 5.74) is 0.590. The van der Waals surface area contributed by atoms with E-state index in [1.807, 2.05) is 20.8 Å². The van der Waals surface area contributed by atoms with Crippen molar-refractivity contribution >= 4 is 34.8 Å². The molecule has 2 rings (SSSR count). The summed E-state index contributed by atoms with van der Waals surface area (Å²) in [5, 5.41) is 3.87. The summed E-state index contributed by atoms with van der Waals surface area (Å²) in [6.07, 6.45) is 0.330. The second-order valence-electron chi connectivity index (χ2n) is 5.66. The third kappa shape index (κ3) is 4.33. The first-order valence-electron chi connectivity index (χ1n) is 7.12. The second-order valence-corrected chi connectivity index (χ2v) is 6.50. The summed E-state index contributed by atoms with van der Waals surface area (Å²) < 4.78 is 5.71. The van der Waals surface area contributed by atoms with E-state index >= 15 is 0 Å². The van der Waals surface area contributed by atoms with Gasteiger partial charge in [0.15, 0.2) is 6.04 Å². The second kappa shape index (κ2) is 6.97. The lowest BCUT2D eigenvalue weighted by molar-refractivity contribution is -0.928. The molecule has 1 saturated heterocycles. The van der Waals surface area contributed by atoms with Crippen LogP contribution in [0, 0.1) is 0 Å². The smallest absolute Gasteiger partial charge is 0.282 e. The van der Waals surface area contributed by atoms with Gasteiger partial charge in [0.1, 0.15) is 25.3 Å². The van der Waals surface area contributed by atoms with Crippen LogP contribution in [-0.4, -0.2) is 37.2 Å². The molecule has 21 heavy (non-hydrogen) atoms. The zero-order valence-electron chi connectivity index (χ0n) is 12.5. The maximum absolute atomic E-state index is 12.4. The van der Waals surface area contributed by atoms with Crippen molar-refractivity contribution in [2.24, 2.45) is 0 Å². The Morgan fingerprint density at radius 1 is 1.33 bits per heavy atom. The lowest BCUT2D eigenvalue weighted by Gasteiger charge is -2.35. The summed E-state index contributed by atoms with van der Waals surface area (Å²) in [6, 6.07) is 4.88. The van der Waals surface area contributed by atoms with Crippen molar-refractivity contribution in [2.45, 2.75) is 39.0 Å². The van der Waals surface area contributed by atoms with Crippen molar-refractivity contribution in [1.29, 1.82) is 0 Å². The fraction of sp³-hybridized carbons (Fsp3) is 0.533. The Morgan fingerprint density at radius 3 is 2.52 bits per heavy atom. The molecule has 0 unspecified atom stereocenters. The average Bonchev–Trinajstić information content (AvgIpc) is 2.40. The normalized spacial score (nSPS) is 27.2. The van der Waals surface area contributed by atoms with E-state index in [2.05, 4.69) is 5.32 Å². The molecule has 1 aliphatic heterocycles. The number of halogens is 2. The number of hydrogen-bond acceptors (Lipinski definition) is 2.